The van der Waals surface area contributed by atoms with Crippen LogP contribution in [-0.4, -0.2) is 30.1 Å². The van der Waals surface area contributed by atoms with Crippen molar-refractivity contribution in [3.05, 3.63) is 40.7 Å². The van der Waals surface area contributed by atoms with Gasteiger partial charge in [-0.05, 0) is 19.1 Å². The summed E-state index contributed by atoms with van der Waals surface area (Å²) < 4.78 is 4.66. The molecule has 2 rings (SSSR count). The first kappa shape index (κ1) is 13.5. The first-order chi connectivity index (χ1) is 9.10. The van der Waals surface area contributed by atoms with Crippen molar-refractivity contribution in [3.63, 3.8) is 0 Å². The van der Waals surface area contributed by atoms with Crippen LogP contribution in [0.5, 0.6) is 0 Å². The van der Waals surface area contributed by atoms with Gasteiger partial charge in [0.15, 0.2) is 5.13 Å². The van der Waals surface area contributed by atoms with Crippen molar-refractivity contribution in [1.29, 1.82) is 0 Å². The number of esters is 1. The zero-order chi connectivity index (χ0) is 13.8. The van der Waals surface area contributed by atoms with Crippen molar-refractivity contribution in [2.24, 2.45) is 0 Å². The maximum atomic E-state index is 11.4. The molecule has 0 amide bonds. The van der Waals surface area contributed by atoms with Gasteiger partial charge in [-0.2, -0.15) is 0 Å². The normalized spacial score (nSPS) is 10.3. The molecule has 0 bridgehead atoms. The predicted octanol–water partition coefficient (Wildman–Crippen LogP) is 2.27. The Labute approximate surface area is 115 Å². The van der Waals surface area contributed by atoms with Crippen LogP contribution < -0.4 is 4.90 Å². The molecule has 19 heavy (non-hydrogen) atoms. The minimum absolute atomic E-state index is 0.356. The van der Waals surface area contributed by atoms with Gasteiger partial charge < -0.3 is 9.64 Å². The summed E-state index contributed by atoms with van der Waals surface area (Å²) in [4.78, 5) is 22.5. The van der Waals surface area contributed by atoms with E-state index in [2.05, 4.69) is 14.7 Å². The molecule has 0 aliphatic heterocycles. The molecule has 0 fully saturated rings. The zero-order valence-electron chi connectivity index (χ0n) is 11.1. The van der Waals surface area contributed by atoms with Crippen LogP contribution in [0.2, 0.25) is 0 Å². The lowest BCUT2D eigenvalue weighted by molar-refractivity contribution is 0.0606. The fraction of sp³-hybridized carbons (Fsp3) is 0.308. The predicted molar refractivity (Wildman–Crippen MR) is 74.5 cm³/mol. The van der Waals surface area contributed by atoms with Gasteiger partial charge in [-0.25, -0.2) is 9.78 Å². The standard InChI is InChI=1S/C13H15N3O2S/c1-9-5-4-6-10(15-9)8-16(2)13-14-7-11(19-13)12(17)18-3/h4-7H,8H2,1-3H3. The van der Waals surface area contributed by atoms with E-state index in [-0.39, 0.29) is 5.97 Å². The summed E-state index contributed by atoms with van der Waals surface area (Å²) >= 11 is 1.31. The fourth-order valence-electron chi connectivity index (χ4n) is 1.63. The van der Waals surface area contributed by atoms with Crippen LogP contribution in [0.4, 0.5) is 5.13 Å². The molecule has 2 aromatic heterocycles. The molecule has 100 valence electrons. The maximum Gasteiger partial charge on any atom is 0.349 e. The first-order valence-electron chi connectivity index (χ1n) is 5.78. The second kappa shape index (κ2) is 5.79. The third-order valence-electron chi connectivity index (χ3n) is 2.55. The van der Waals surface area contributed by atoms with Crippen molar-refractivity contribution >= 4 is 22.4 Å². The number of rotatable bonds is 4. The van der Waals surface area contributed by atoms with E-state index in [0.29, 0.717) is 11.4 Å². The molecule has 0 N–H and O–H groups in total. The summed E-state index contributed by atoms with van der Waals surface area (Å²) in [6.45, 7) is 2.61. The van der Waals surface area contributed by atoms with E-state index >= 15 is 0 Å². The Morgan fingerprint density at radius 1 is 1.47 bits per heavy atom. The topological polar surface area (TPSA) is 55.3 Å². The first-order valence-corrected chi connectivity index (χ1v) is 6.59. The number of ether oxygens (including phenoxy) is 1. The van der Waals surface area contributed by atoms with Crippen molar-refractivity contribution in [2.45, 2.75) is 13.5 Å². The summed E-state index contributed by atoms with van der Waals surface area (Å²) in [5, 5.41) is 0.767. The average molecular weight is 277 g/mol. The number of aromatic nitrogens is 2. The summed E-state index contributed by atoms with van der Waals surface area (Å²) in [6, 6.07) is 5.91. The second-order valence-electron chi connectivity index (χ2n) is 4.13. The molecule has 0 aliphatic rings. The Kier molecular flexibility index (Phi) is 4.11. The fourth-order valence-corrected chi connectivity index (χ4v) is 2.43. The number of hydrogen-bond acceptors (Lipinski definition) is 6. The average Bonchev–Trinajstić information content (AvgIpc) is 2.87. The number of hydrogen-bond donors (Lipinski definition) is 0. The Morgan fingerprint density at radius 2 is 2.26 bits per heavy atom. The van der Waals surface area contributed by atoms with Crippen molar-refractivity contribution in [2.75, 3.05) is 19.1 Å². The van der Waals surface area contributed by atoms with Gasteiger partial charge in [0.25, 0.3) is 0 Å². The number of anilines is 1. The van der Waals surface area contributed by atoms with Crippen LogP contribution in [0.25, 0.3) is 0 Å². The molecule has 6 heteroatoms. The minimum Gasteiger partial charge on any atom is -0.465 e. The molecule has 5 nitrogen and oxygen atoms in total. The summed E-state index contributed by atoms with van der Waals surface area (Å²) in [5.41, 5.74) is 1.96. The number of nitrogens with zero attached hydrogens (tertiary/aromatic N) is 3. The molecule has 0 aliphatic carbocycles. The van der Waals surface area contributed by atoms with Crippen molar-refractivity contribution < 1.29 is 9.53 Å². The van der Waals surface area contributed by atoms with Gasteiger partial charge in [-0.1, -0.05) is 17.4 Å². The molecule has 2 heterocycles. The zero-order valence-corrected chi connectivity index (χ0v) is 11.9. The van der Waals surface area contributed by atoms with Gasteiger partial charge >= 0.3 is 5.97 Å². The molecule has 0 atom stereocenters. The molecule has 0 unspecified atom stereocenters. The second-order valence-corrected chi connectivity index (χ2v) is 5.13. The van der Waals surface area contributed by atoms with E-state index in [1.807, 2.05) is 37.1 Å². The smallest absolute Gasteiger partial charge is 0.349 e. The number of thiazole rings is 1. The van der Waals surface area contributed by atoms with Crippen molar-refractivity contribution in [1.82, 2.24) is 9.97 Å². The maximum absolute atomic E-state index is 11.4. The number of methoxy groups -OCH3 is 1. The summed E-state index contributed by atoms with van der Waals surface area (Å²) in [5.74, 6) is -0.356. The monoisotopic (exact) mass is 277 g/mol. The molecule has 0 aromatic carbocycles. The van der Waals surface area contributed by atoms with Gasteiger partial charge in [0, 0.05) is 12.7 Å². The van der Waals surface area contributed by atoms with E-state index in [9.17, 15) is 4.79 Å². The van der Waals surface area contributed by atoms with E-state index in [0.717, 1.165) is 16.5 Å². The van der Waals surface area contributed by atoms with E-state index in [4.69, 9.17) is 0 Å². The molecule has 0 spiro atoms. The van der Waals surface area contributed by atoms with Crippen LogP contribution in [0.1, 0.15) is 21.1 Å². The van der Waals surface area contributed by atoms with Crippen LogP contribution in [-0.2, 0) is 11.3 Å². The summed E-state index contributed by atoms with van der Waals surface area (Å²) in [7, 11) is 3.28. The number of carbonyl (C=O) groups is 1. The van der Waals surface area contributed by atoms with Crippen LogP contribution >= 0.6 is 11.3 Å². The van der Waals surface area contributed by atoms with Crippen LogP contribution in [0.15, 0.2) is 24.4 Å². The highest BCUT2D eigenvalue weighted by atomic mass is 32.1. The molecular formula is C13H15N3O2S. The molecule has 0 saturated carbocycles. The van der Waals surface area contributed by atoms with Gasteiger partial charge in [0.2, 0.25) is 0 Å². The van der Waals surface area contributed by atoms with Gasteiger partial charge in [-0.15, -0.1) is 0 Å². The summed E-state index contributed by atoms with van der Waals surface area (Å²) in [6.07, 6.45) is 1.53. The van der Waals surface area contributed by atoms with E-state index in [1.165, 1.54) is 24.6 Å². The number of carbonyl (C=O) groups excluding carboxylic acids is 1. The Morgan fingerprint density at radius 3 is 2.95 bits per heavy atom. The highest BCUT2D eigenvalue weighted by Crippen LogP contribution is 2.23. The number of aryl methyl sites for hydroxylation is 1. The molecular weight excluding hydrogens is 262 g/mol. The number of pyridine rings is 1. The third kappa shape index (κ3) is 3.29. The quantitative estimate of drug-likeness (QED) is 0.802. The van der Waals surface area contributed by atoms with Crippen molar-refractivity contribution in [3.8, 4) is 0 Å². The van der Waals surface area contributed by atoms with Gasteiger partial charge in [0.05, 0.1) is 25.5 Å². The van der Waals surface area contributed by atoms with Crippen LogP contribution in [0.3, 0.4) is 0 Å². The van der Waals surface area contributed by atoms with Gasteiger partial charge in [0.1, 0.15) is 4.88 Å². The minimum atomic E-state index is -0.356. The molecule has 2 aromatic rings. The van der Waals surface area contributed by atoms with E-state index < -0.39 is 0 Å². The van der Waals surface area contributed by atoms with Crippen LogP contribution in [0, 0.1) is 6.92 Å². The van der Waals surface area contributed by atoms with E-state index in [1.54, 1.807) is 0 Å². The lowest BCUT2D eigenvalue weighted by Crippen LogP contribution is -2.17. The highest BCUT2D eigenvalue weighted by molar-refractivity contribution is 7.17. The molecule has 0 radical (unpaired) electrons. The Bertz CT molecular complexity index is 583. The van der Waals surface area contributed by atoms with Gasteiger partial charge in [-0.3, -0.25) is 4.98 Å². The largest absolute Gasteiger partial charge is 0.465 e. The lowest BCUT2D eigenvalue weighted by atomic mass is 10.3. The molecule has 0 saturated heterocycles. The Balaban J connectivity index is 2.09. The Hall–Kier alpha value is -1.95. The highest BCUT2D eigenvalue weighted by Gasteiger charge is 2.13. The lowest BCUT2D eigenvalue weighted by Gasteiger charge is -2.15. The SMILES string of the molecule is COC(=O)c1cnc(N(C)Cc2cccc(C)n2)s1. The third-order valence-corrected chi connectivity index (χ3v) is 3.64.